The Morgan fingerprint density at radius 2 is 2.14 bits per heavy atom. The van der Waals surface area contributed by atoms with E-state index < -0.39 is 0 Å². The molecule has 0 aliphatic carbocycles. The quantitative estimate of drug-likeness (QED) is 0.376. The Morgan fingerprint density at radius 3 is 2.71 bits per heavy atom. The van der Waals surface area contributed by atoms with E-state index in [1.807, 2.05) is 26.0 Å². The highest BCUT2D eigenvalue weighted by Gasteiger charge is 2.19. The summed E-state index contributed by atoms with van der Waals surface area (Å²) < 4.78 is 11.6. The van der Waals surface area contributed by atoms with Crippen LogP contribution in [-0.4, -0.2) is 55.4 Å². The predicted octanol–water partition coefficient (Wildman–Crippen LogP) is 1.11. The highest BCUT2D eigenvalue weighted by molar-refractivity contribution is 5.97. The van der Waals surface area contributed by atoms with Gasteiger partial charge in [0.2, 0.25) is 0 Å². The molecular weight excluding hydrogens is 270 g/mol. The lowest BCUT2D eigenvalue weighted by atomic mass is 10.1. The van der Waals surface area contributed by atoms with Crippen molar-refractivity contribution in [1.29, 1.82) is 0 Å². The minimum absolute atomic E-state index is 0.0892. The maximum absolute atomic E-state index is 8.75. The average molecular weight is 293 g/mol. The van der Waals surface area contributed by atoms with Gasteiger partial charge < -0.3 is 25.3 Å². The lowest BCUT2D eigenvalue weighted by Crippen LogP contribution is -2.42. The number of amidine groups is 1. The number of nitrogens with zero attached hydrogens (tertiary/aromatic N) is 2. The normalized spacial score (nSPS) is 20.5. The standard InChI is InChI=1S/C15H23N3O3/c1-10-6-12(15(16)17-19)7-11(2)14(10)21-9-13-8-18(3)4-5-20-13/h6-7,13,19H,4-5,8-9H2,1-3H3,(H2,16,17). The minimum Gasteiger partial charge on any atom is -0.490 e. The number of ether oxygens (including phenoxy) is 2. The summed E-state index contributed by atoms with van der Waals surface area (Å²) in [6.07, 6.45) is 0.0892. The van der Waals surface area contributed by atoms with Gasteiger partial charge >= 0.3 is 0 Å². The van der Waals surface area contributed by atoms with Crippen molar-refractivity contribution in [2.75, 3.05) is 33.4 Å². The van der Waals surface area contributed by atoms with E-state index in [1.54, 1.807) is 0 Å². The summed E-state index contributed by atoms with van der Waals surface area (Å²) in [5.41, 5.74) is 8.23. The highest BCUT2D eigenvalue weighted by atomic mass is 16.5. The van der Waals surface area contributed by atoms with Crippen molar-refractivity contribution in [3.05, 3.63) is 28.8 Å². The topological polar surface area (TPSA) is 80.3 Å². The SMILES string of the molecule is Cc1cc(C(N)=NO)cc(C)c1OCC1CN(C)CCO1. The summed E-state index contributed by atoms with van der Waals surface area (Å²) >= 11 is 0. The Hall–Kier alpha value is -1.79. The van der Waals surface area contributed by atoms with Crippen LogP contribution in [0.25, 0.3) is 0 Å². The smallest absolute Gasteiger partial charge is 0.170 e. The Balaban J connectivity index is 2.06. The number of morpholine rings is 1. The second-order valence-corrected chi connectivity index (χ2v) is 5.49. The minimum atomic E-state index is 0.0892. The van der Waals surface area contributed by atoms with E-state index in [2.05, 4.69) is 17.1 Å². The first-order valence-corrected chi connectivity index (χ1v) is 7.03. The molecular formula is C15H23N3O3. The first kappa shape index (κ1) is 15.6. The summed E-state index contributed by atoms with van der Waals surface area (Å²) in [7, 11) is 2.08. The molecule has 1 aromatic rings. The molecule has 116 valence electrons. The monoisotopic (exact) mass is 293 g/mol. The molecule has 21 heavy (non-hydrogen) atoms. The van der Waals surface area contributed by atoms with Gasteiger partial charge in [0.05, 0.1) is 6.61 Å². The molecule has 0 spiro atoms. The van der Waals surface area contributed by atoms with Crippen LogP contribution in [0.2, 0.25) is 0 Å². The van der Waals surface area contributed by atoms with Crippen LogP contribution in [0, 0.1) is 13.8 Å². The molecule has 0 bridgehead atoms. The van der Waals surface area contributed by atoms with Crippen molar-refractivity contribution in [3.8, 4) is 5.75 Å². The van der Waals surface area contributed by atoms with E-state index in [1.165, 1.54) is 0 Å². The van der Waals surface area contributed by atoms with Crippen molar-refractivity contribution in [2.24, 2.45) is 10.9 Å². The molecule has 1 unspecified atom stereocenters. The van der Waals surface area contributed by atoms with Crippen molar-refractivity contribution in [3.63, 3.8) is 0 Å². The predicted molar refractivity (Wildman–Crippen MR) is 81.2 cm³/mol. The van der Waals surface area contributed by atoms with Gasteiger partial charge in [-0.1, -0.05) is 5.16 Å². The Morgan fingerprint density at radius 1 is 1.48 bits per heavy atom. The lowest BCUT2D eigenvalue weighted by molar-refractivity contribution is -0.0405. The molecule has 1 aromatic carbocycles. The molecule has 0 aromatic heterocycles. The molecule has 1 heterocycles. The first-order chi connectivity index (χ1) is 10.0. The lowest BCUT2D eigenvalue weighted by Gasteiger charge is -2.30. The van der Waals surface area contributed by atoms with Crippen molar-refractivity contribution >= 4 is 5.84 Å². The fourth-order valence-corrected chi connectivity index (χ4v) is 2.53. The van der Waals surface area contributed by atoms with Gasteiger partial charge in [-0.25, -0.2) is 0 Å². The molecule has 1 saturated heterocycles. The van der Waals surface area contributed by atoms with Gasteiger partial charge in [0.15, 0.2) is 5.84 Å². The van der Waals surface area contributed by atoms with E-state index in [0.29, 0.717) is 12.2 Å². The number of benzene rings is 1. The summed E-state index contributed by atoms with van der Waals surface area (Å²) in [6.45, 7) is 7.00. The Bertz CT molecular complexity index is 508. The van der Waals surface area contributed by atoms with Gasteiger partial charge in [-0.05, 0) is 44.2 Å². The number of rotatable bonds is 4. The summed E-state index contributed by atoms with van der Waals surface area (Å²) in [5, 5.41) is 11.8. The van der Waals surface area contributed by atoms with Gasteiger partial charge in [-0.2, -0.15) is 0 Å². The zero-order chi connectivity index (χ0) is 15.4. The highest BCUT2D eigenvalue weighted by Crippen LogP contribution is 2.25. The molecule has 0 radical (unpaired) electrons. The van der Waals surface area contributed by atoms with Crippen LogP contribution in [0.3, 0.4) is 0 Å². The zero-order valence-corrected chi connectivity index (χ0v) is 12.8. The van der Waals surface area contributed by atoms with Crippen molar-refractivity contribution in [1.82, 2.24) is 4.90 Å². The molecule has 3 N–H and O–H groups in total. The van der Waals surface area contributed by atoms with Crippen molar-refractivity contribution in [2.45, 2.75) is 20.0 Å². The third kappa shape index (κ3) is 3.86. The van der Waals surface area contributed by atoms with E-state index >= 15 is 0 Å². The molecule has 1 atom stereocenters. The largest absolute Gasteiger partial charge is 0.490 e. The third-order valence-corrected chi connectivity index (χ3v) is 3.62. The number of oxime groups is 1. The van der Waals surface area contributed by atoms with Gasteiger partial charge in [-0.3, -0.25) is 0 Å². The van der Waals surface area contributed by atoms with Gasteiger partial charge in [0.25, 0.3) is 0 Å². The van der Waals surface area contributed by atoms with Crippen LogP contribution >= 0.6 is 0 Å². The summed E-state index contributed by atoms with van der Waals surface area (Å²) in [6, 6.07) is 3.70. The van der Waals surface area contributed by atoms with Crippen molar-refractivity contribution < 1.29 is 14.7 Å². The number of hydrogen-bond donors (Lipinski definition) is 2. The number of likely N-dealkylation sites (N-methyl/N-ethyl adjacent to an activating group) is 1. The van der Waals surface area contributed by atoms with Crippen LogP contribution in [0.4, 0.5) is 0 Å². The molecule has 0 amide bonds. The average Bonchev–Trinajstić information content (AvgIpc) is 2.45. The van der Waals surface area contributed by atoms with Gasteiger partial charge in [-0.15, -0.1) is 0 Å². The maximum Gasteiger partial charge on any atom is 0.170 e. The van der Waals surface area contributed by atoms with E-state index in [4.69, 9.17) is 20.4 Å². The molecule has 1 aliphatic heterocycles. The van der Waals surface area contributed by atoms with Crippen LogP contribution in [-0.2, 0) is 4.74 Å². The van der Waals surface area contributed by atoms with E-state index in [9.17, 15) is 0 Å². The second kappa shape index (κ2) is 6.78. The molecule has 0 saturated carbocycles. The first-order valence-electron chi connectivity index (χ1n) is 7.03. The molecule has 1 aliphatic rings. The molecule has 2 rings (SSSR count). The Kier molecular flexibility index (Phi) is 5.03. The number of nitrogens with two attached hydrogens (primary N) is 1. The van der Waals surface area contributed by atoms with Gasteiger partial charge in [0.1, 0.15) is 18.5 Å². The fourth-order valence-electron chi connectivity index (χ4n) is 2.53. The second-order valence-electron chi connectivity index (χ2n) is 5.49. The zero-order valence-electron chi connectivity index (χ0n) is 12.8. The van der Waals surface area contributed by atoms with Gasteiger partial charge in [0, 0.05) is 18.7 Å². The van der Waals surface area contributed by atoms with E-state index in [-0.39, 0.29) is 11.9 Å². The van der Waals surface area contributed by atoms with Crippen LogP contribution < -0.4 is 10.5 Å². The number of hydrogen-bond acceptors (Lipinski definition) is 5. The fraction of sp³-hybridized carbons (Fsp3) is 0.533. The maximum atomic E-state index is 8.75. The summed E-state index contributed by atoms with van der Waals surface area (Å²) in [4.78, 5) is 2.23. The molecule has 6 nitrogen and oxygen atoms in total. The number of aryl methyl sites for hydroxylation is 2. The Labute approximate surface area is 125 Å². The van der Waals surface area contributed by atoms with E-state index in [0.717, 1.165) is 36.6 Å². The molecule has 1 fully saturated rings. The third-order valence-electron chi connectivity index (χ3n) is 3.62. The van der Waals surface area contributed by atoms with Crippen LogP contribution in [0.5, 0.6) is 5.75 Å². The molecule has 6 heteroatoms. The summed E-state index contributed by atoms with van der Waals surface area (Å²) in [5.74, 6) is 0.936. The van der Waals surface area contributed by atoms with Crippen LogP contribution in [0.1, 0.15) is 16.7 Å². The van der Waals surface area contributed by atoms with Crippen LogP contribution in [0.15, 0.2) is 17.3 Å².